The van der Waals surface area contributed by atoms with Crippen LogP contribution in [0.5, 0.6) is 0 Å². The Labute approximate surface area is 167 Å². The highest BCUT2D eigenvalue weighted by molar-refractivity contribution is 9.10. The van der Waals surface area contributed by atoms with Crippen molar-refractivity contribution in [1.29, 1.82) is 0 Å². The molecule has 4 rings (SSSR count). The van der Waals surface area contributed by atoms with Gasteiger partial charge in [0.1, 0.15) is 5.69 Å². The second-order valence-electron chi connectivity index (χ2n) is 7.24. The van der Waals surface area contributed by atoms with Crippen LogP contribution in [0.2, 0.25) is 0 Å². The summed E-state index contributed by atoms with van der Waals surface area (Å²) in [6, 6.07) is 10.0. The number of halogens is 1. The van der Waals surface area contributed by atoms with E-state index < -0.39 is 0 Å². The van der Waals surface area contributed by atoms with Gasteiger partial charge in [-0.15, -0.1) is 0 Å². The molecule has 0 unspecified atom stereocenters. The monoisotopic (exact) mass is 429 g/mol. The molecule has 0 radical (unpaired) electrons. The Morgan fingerprint density at radius 3 is 2.81 bits per heavy atom. The van der Waals surface area contributed by atoms with Crippen molar-refractivity contribution >= 4 is 21.8 Å². The molecule has 1 aromatic carbocycles. The smallest absolute Gasteiger partial charge is 0.272 e. The Morgan fingerprint density at radius 2 is 2.07 bits per heavy atom. The molecular formula is C21H24BrN3O2. The molecule has 1 fully saturated rings. The zero-order valence-corrected chi connectivity index (χ0v) is 16.8. The van der Waals surface area contributed by atoms with Gasteiger partial charge in [0.15, 0.2) is 0 Å². The van der Waals surface area contributed by atoms with Crippen molar-refractivity contribution in [3.63, 3.8) is 0 Å². The molecule has 27 heavy (non-hydrogen) atoms. The number of hydrogen-bond acceptors (Lipinski definition) is 4. The minimum Gasteiger partial charge on any atom is -0.396 e. The summed E-state index contributed by atoms with van der Waals surface area (Å²) < 4.78 is 0.980. The standard InChI is InChI=1S/C21H24BrN3O2/c22-16-6-4-5-14(11-16)20-19-15(13-23-17(19)7-10-26)12-18(24-20)21(27)25-8-2-1-3-9-25/h4-6,11-12,17,23,26H,1-3,7-10,13H2/t17-/m1/s1. The first-order valence-electron chi connectivity index (χ1n) is 9.60. The molecule has 2 aromatic rings. The highest BCUT2D eigenvalue weighted by Gasteiger charge is 2.29. The number of fused-ring (bicyclic) bond motifs is 1. The first-order valence-corrected chi connectivity index (χ1v) is 10.4. The first kappa shape index (κ1) is 18.6. The fourth-order valence-corrected chi connectivity index (χ4v) is 4.48. The maximum atomic E-state index is 13.1. The summed E-state index contributed by atoms with van der Waals surface area (Å²) >= 11 is 3.54. The summed E-state index contributed by atoms with van der Waals surface area (Å²) in [5.74, 6) is 0.0272. The van der Waals surface area contributed by atoms with Crippen LogP contribution in [-0.4, -0.2) is 40.6 Å². The minimum absolute atomic E-state index is 0.0272. The molecule has 1 amide bonds. The van der Waals surface area contributed by atoms with Crippen molar-refractivity contribution in [3.8, 4) is 11.3 Å². The molecule has 0 spiro atoms. The van der Waals surface area contributed by atoms with Crippen LogP contribution in [0.3, 0.4) is 0 Å². The van der Waals surface area contributed by atoms with Crippen molar-refractivity contribution in [2.75, 3.05) is 19.7 Å². The van der Waals surface area contributed by atoms with E-state index in [0.717, 1.165) is 52.8 Å². The van der Waals surface area contributed by atoms with Crippen LogP contribution in [0.15, 0.2) is 34.8 Å². The minimum atomic E-state index is 0.0272. The fourth-order valence-electron chi connectivity index (χ4n) is 4.08. The first-order chi connectivity index (χ1) is 13.2. The van der Waals surface area contributed by atoms with Gasteiger partial charge < -0.3 is 15.3 Å². The van der Waals surface area contributed by atoms with Gasteiger partial charge in [0, 0.05) is 42.3 Å². The number of benzene rings is 1. The van der Waals surface area contributed by atoms with Gasteiger partial charge in [-0.1, -0.05) is 28.1 Å². The second kappa shape index (κ2) is 8.09. The number of nitrogens with one attached hydrogen (secondary N) is 1. The molecule has 3 heterocycles. The molecule has 142 valence electrons. The molecule has 0 aliphatic carbocycles. The van der Waals surface area contributed by atoms with E-state index in [0.29, 0.717) is 18.7 Å². The summed E-state index contributed by atoms with van der Waals surface area (Å²) in [7, 11) is 0. The fraction of sp³-hybridized carbons (Fsp3) is 0.429. The highest BCUT2D eigenvalue weighted by atomic mass is 79.9. The van der Waals surface area contributed by atoms with Gasteiger partial charge in [0.2, 0.25) is 0 Å². The van der Waals surface area contributed by atoms with E-state index >= 15 is 0 Å². The number of pyridine rings is 1. The Hall–Kier alpha value is -1.76. The summed E-state index contributed by atoms with van der Waals surface area (Å²) in [6.45, 7) is 2.44. The number of aliphatic hydroxyl groups excluding tert-OH is 1. The lowest BCUT2D eigenvalue weighted by atomic mass is 9.96. The van der Waals surface area contributed by atoms with Crippen molar-refractivity contribution in [2.45, 2.75) is 38.3 Å². The van der Waals surface area contributed by atoms with Crippen molar-refractivity contribution < 1.29 is 9.90 Å². The molecule has 2 aliphatic heterocycles. The molecule has 0 saturated carbocycles. The van der Waals surface area contributed by atoms with Gasteiger partial charge in [-0.3, -0.25) is 4.79 Å². The number of piperidine rings is 1. The van der Waals surface area contributed by atoms with E-state index in [1.165, 1.54) is 6.42 Å². The third-order valence-electron chi connectivity index (χ3n) is 5.41. The van der Waals surface area contributed by atoms with Gasteiger partial charge in [-0.05, 0) is 55.0 Å². The summed E-state index contributed by atoms with van der Waals surface area (Å²) in [4.78, 5) is 19.8. The average Bonchev–Trinajstić information content (AvgIpc) is 3.10. The molecule has 2 aliphatic rings. The third-order valence-corrected chi connectivity index (χ3v) is 5.90. The van der Waals surface area contributed by atoms with Gasteiger partial charge in [0.05, 0.1) is 5.69 Å². The molecule has 5 nitrogen and oxygen atoms in total. The number of nitrogens with zero attached hydrogens (tertiary/aromatic N) is 2. The number of amides is 1. The molecule has 1 saturated heterocycles. The third kappa shape index (κ3) is 3.79. The van der Waals surface area contributed by atoms with E-state index in [1.54, 1.807) is 0 Å². The Bertz CT molecular complexity index is 849. The van der Waals surface area contributed by atoms with Gasteiger partial charge in [-0.25, -0.2) is 4.98 Å². The van der Waals surface area contributed by atoms with Crippen LogP contribution in [0.1, 0.15) is 53.3 Å². The van der Waals surface area contributed by atoms with Crippen LogP contribution >= 0.6 is 15.9 Å². The normalized spacial score (nSPS) is 19.2. The van der Waals surface area contributed by atoms with E-state index in [4.69, 9.17) is 4.98 Å². The van der Waals surface area contributed by atoms with Crippen LogP contribution in [-0.2, 0) is 6.54 Å². The maximum Gasteiger partial charge on any atom is 0.272 e. The zero-order valence-electron chi connectivity index (χ0n) is 15.2. The lowest BCUT2D eigenvalue weighted by Gasteiger charge is -2.27. The van der Waals surface area contributed by atoms with E-state index in [9.17, 15) is 9.90 Å². The number of carbonyl (C=O) groups is 1. The molecule has 1 atom stereocenters. The van der Waals surface area contributed by atoms with Crippen LogP contribution in [0.25, 0.3) is 11.3 Å². The average molecular weight is 430 g/mol. The summed E-state index contributed by atoms with van der Waals surface area (Å²) in [6.07, 6.45) is 3.96. The lowest BCUT2D eigenvalue weighted by molar-refractivity contribution is 0.0718. The van der Waals surface area contributed by atoms with Gasteiger partial charge >= 0.3 is 0 Å². The van der Waals surface area contributed by atoms with E-state index in [1.807, 2.05) is 35.2 Å². The summed E-state index contributed by atoms with van der Waals surface area (Å²) in [5, 5.41) is 12.9. The number of aromatic nitrogens is 1. The van der Waals surface area contributed by atoms with Crippen molar-refractivity contribution in [1.82, 2.24) is 15.2 Å². The van der Waals surface area contributed by atoms with Gasteiger partial charge in [0.25, 0.3) is 5.91 Å². The predicted molar refractivity (Wildman–Crippen MR) is 108 cm³/mol. The van der Waals surface area contributed by atoms with Crippen molar-refractivity contribution in [3.05, 3.63) is 51.6 Å². The Morgan fingerprint density at radius 1 is 1.26 bits per heavy atom. The number of rotatable bonds is 4. The van der Waals surface area contributed by atoms with Crippen molar-refractivity contribution in [2.24, 2.45) is 0 Å². The zero-order chi connectivity index (χ0) is 18.8. The number of likely N-dealkylation sites (tertiary alicyclic amines) is 1. The predicted octanol–water partition coefficient (Wildman–Crippen LogP) is 3.66. The molecule has 2 N–H and O–H groups in total. The number of carbonyl (C=O) groups excluding carboxylic acids is 1. The van der Waals surface area contributed by atoms with Crippen LogP contribution < -0.4 is 5.32 Å². The highest BCUT2D eigenvalue weighted by Crippen LogP contribution is 2.37. The lowest BCUT2D eigenvalue weighted by Crippen LogP contribution is -2.36. The second-order valence-corrected chi connectivity index (χ2v) is 8.15. The largest absolute Gasteiger partial charge is 0.396 e. The maximum absolute atomic E-state index is 13.1. The quantitative estimate of drug-likeness (QED) is 0.777. The van der Waals surface area contributed by atoms with Crippen LogP contribution in [0, 0.1) is 0 Å². The summed E-state index contributed by atoms with van der Waals surface area (Å²) in [5.41, 5.74) is 4.58. The Balaban J connectivity index is 1.79. The molecular weight excluding hydrogens is 406 g/mol. The van der Waals surface area contributed by atoms with Gasteiger partial charge in [-0.2, -0.15) is 0 Å². The van der Waals surface area contributed by atoms with Crippen LogP contribution in [0.4, 0.5) is 0 Å². The Kier molecular flexibility index (Phi) is 5.57. The van der Waals surface area contributed by atoms with E-state index in [2.05, 4.69) is 21.2 Å². The molecule has 1 aromatic heterocycles. The topological polar surface area (TPSA) is 65.5 Å². The van der Waals surface area contributed by atoms with E-state index in [-0.39, 0.29) is 18.6 Å². The number of aliphatic hydroxyl groups is 1. The molecule has 0 bridgehead atoms. The number of hydrogen-bond donors (Lipinski definition) is 2. The molecule has 6 heteroatoms. The SMILES string of the molecule is O=C(c1cc2c(c(-c3cccc(Br)c3)n1)[C@@H](CCO)NC2)N1CCCCC1.